The van der Waals surface area contributed by atoms with Gasteiger partial charge in [-0.3, -0.25) is 14.9 Å². The largest absolute Gasteiger partial charge is 0.497 e. The molecule has 1 atom stereocenters. The Morgan fingerprint density at radius 3 is 2.33 bits per heavy atom. The number of hydrogen-bond acceptors (Lipinski definition) is 7. The lowest BCUT2D eigenvalue weighted by molar-refractivity contribution is -0.126. The number of carbonyl (C=O) groups is 2. The number of nitrogens with one attached hydrogen (secondary N) is 2. The predicted octanol–water partition coefficient (Wildman–Crippen LogP) is 4.13. The highest BCUT2D eigenvalue weighted by atomic mass is 32.1. The zero-order chi connectivity index (χ0) is 25.3. The van der Waals surface area contributed by atoms with Crippen molar-refractivity contribution in [2.75, 3.05) is 19.5 Å². The molecule has 1 unspecified atom stereocenters. The van der Waals surface area contributed by atoms with Gasteiger partial charge in [0.2, 0.25) is 16.9 Å². The maximum atomic E-state index is 13.2. The van der Waals surface area contributed by atoms with Crippen LogP contribution in [0.15, 0.2) is 78.9 Å². The van der Waals surface area contributed by atoms with Crippen LogP contribution in [0.25, 0.3) is 10.6 Å². The van der Waals surface area contributed by atoms with E-state index in [2.05, 4.69) is 20.8 Å². The molecule has 0 spiro atoms. The third-order valence-corrected chi connectivity index (χ3v) is 6.32. The lowest BCUT2D eigenvalue weighted by Crippen LogP contribution is -2.45. The monoisotopic (exact) mass is 502 g/mol. The molecule has 9 heteroatoms. The normalized spacial score (nSPS) is 11.4. The van der Waals surface area contributed by atoms with Crippen LogP contribution in [0.4, 0.5) is 5.13 Å². The summed E-state index contributed by atoms with van der Waals surface area (Å²) in [6.07, 6.45) is 0.476. The molecule has 0 saturated heterocycles. The van der Waals surface area contributed by atoms with Gasteiger partial charge in [0.05, 0.1) is 20.6 Å². The van der Waals surface area contributed by atoms with Crippen LogP contribution in [0.2, 0.25) is 0 Å². The summed E-state index contributed by atoms with van der Waals surface area (Å²) in [5.41, 5.74) is 2.58. The van der Waals surface area contributed by atoms with Crippen molar-refractivity contribution >= 4 is 28.3 Å². The van der Waals surface area contributed by atoms with Gasteiger partial charge in [-0.05, 0) is 35.4 Å². The average Bonchev–Trinajstić information content (AvgIpc) is 3.38. The highest BCUT2D eigenvalue weighted by molar-refractivity contribution is 7.18. The third kappa shape index (κ3) is 6.67. The molecule has 0 aliphatic heterocycles. The molecule has 36 heavy (non-hydrogen) atoms. The topological polar surface area (TPSA) is 102 Å². The van der Waals surface area contributed by atoms with E-state index in [1.807, 2.05) is 66.7 Å². The average molecular weight is 503 g/mol. The van der Waals surface area contributed by atoms with E-state index in [4.69, 9.17) is 9.47 Å². The minimum absolute atomic E-state index is 0.140. The molecule has 4 aromatic rings. The Morgan fingerprint density at radius 1 is 0.861 bits per heavy atom. The van der Waals surface area contributed by atoms with E-state index in [1.54, 1.807) is 26.4 Å². The van der Waals surface area contributed by atoms with E-state index in [9.17, 15) is 9.59 Å². The Morgan fingerprint density at radius 2 is 1.61 bits per heavy atom. The molecule has 0 aliphatic rings. The van der Waals surface area contributed by atoms with E-state index < -0.39 is 6.04 Å². The lowest BCUT2D eigenvalue weighted by atomic mass is 10.0. The number of anilines is 1. The van der Waals surface area contributed by atoms with Crippen molar-refractivity contribution in [3.8, 4) is 22.1 Å². The third-order valence-electron chi connectivity index (χ3n) is 5.43. The molecule has 0 fully saturated rings. The van der Waals surface area contributed by atoms with Crippen LogP contribution in [0.1, 0.15) is 11.1 Å². The lowest BCUT2D eigenvalue weighted by Gasteiger charge is -2.18. The van der Waals surface area contributed by atoms with Crippen molar-refractivity contribution in [2.45, 2.75) is 18.9 Å². The van der Waals surface area contributed by atoms with Crippen molar-refractivity contribution in [1.29, 1.82) is 0 Å². The fourth-order valence-corrected chi connectivity index (χ4v) is 4.32. The Bertz CT molecular complexity index is 1310. The Balaban J connectivity index is 1.46. The van der Waals surface area contributed by atoms with Crippen LogP contribution in [0, 0.1) is 0 Å². The molecule has 1 aromatic heterocycles. The van der Waals surface area contributed by atoms with Gasteiger partial charge in [0, 0.05) is 12.0 Å². The molecule has 2 amide bonds. The van der Waals surface area contributed by atoms with Crippen molar-refractivity contribution in [3.05, 3.63) is 90.0 Å². The highest BCUT2D eigenvalue weighted by Gasteiger charge is 2.23. The number of methoxy groups -OCH3 is 2. The maximum Gasteiger partial charge on any atom is 0.249 e. The first kappa shape index (κ1) is 24.9. The van der Waals surface area contributed by atoms with E-state index in [0.717, 1.165) is 16.7 Å². The Labute approximate surface area is 213 Å². The number of nitrogens with zero attached hydrogens (tertiary/aromatic N) is 2. The number of aromatic nitrogens is 2. The van der Waals surface area contributed by atoms with Crippen molar-refractivity contribution in [2.24, 2.45) is 0 Å². The van der Waals surface area contributed by atoms with Crippen LogP contribution in [0.3, 0.4) is 0 Å². The first-order valence-corrected chi connectivity index (χ1v) is 12.1. The number of ether oxygens (including phenoxy) is 2. The number of hydrogen-bond donors (Lipinski definition) is 2. The fourth-order valence-electron chi connectivity index (χ4n) is 3.57. The summed E-state index contributed by atoms with van der Waals surface area (Å²) in [6.45, 7) is 0. The van der Waals surface area contributed by atoms with Crippen LogP contribution in [-0.2, 0) is 22.4 Å². The Kier molecular flexibility index (Phi) is 8.25. The molecular weight excluding hydrogens is 476 g/mol. The zero-order valence-corrected chi connectivity index (χ0v) is 20.7. The molecule has 4 rings (SSSR count). The summed E-state index contributed by atoms with van der Waals surface area (Å²) < 4.78 is 10.4. The van der Waals surface area contributed by atoms with Gasteiger partial charge in [0.25, 0.3) is 0 Å². The quantitative estimate of drug-likeness (QED) is 0.338. The molecule has 2 N–H and O–H groups in total. The highest BCUT2D eigenvalue weighted by Crippen LogP contribution is 2.28. The molecular formula is C27H26N4O4S. The Hall–Kier alpha value is -4.24. The zero-order valence-electron chi connectivity index (χ0n) is 19.9. The van der Waals surface area contributed by atoms with E-state index >= 15 is 0 Å². The second kappa shape index (κ2) is 11.9. The van der Waals surface area contributed by atoms with Gasteiger partial charge in [-0.25, -0.2) is 0 Å². The number of carbonyl (C=O) groups excluding carboxylic acids is 2. The van der Waals surface area contributed by atoms with Crippen LogP contribution < -0.4 is 20.1 Å². The van der Waals surface area contributed by atoms with Gasteiger partial charge in [-0.2, -0.15) is 0 Å². The van der Waals surface area contributed by atoms with Crippen LogP contribution >= 0.6 is 11.3 Å². The maximum absolute atomic E-state index is 13.2. The summed E-state index contributed by atoms with van der Waals surface area (Å²) in [6, 6.07) is 23.4. The number of amides is 2. The second-order valence-electron chi connectivity index (χ2n) is 7.97. The van der Waals surface area contributed by atoms with Crippen LogP contribution in [0.5, 0.6) is 11.5 Å². The summed E-state index contributed by atoms with van der Waals surface area (Å²) in [5.74, 6) is 0.794. The molecule has 8 nitrogen and oxygen atoms in total. The van der Waals surface area contributed by atoms with E-state index in [-0.39, 0.29) is 18.2 Å². The van der Waals surface area contributed by atoms with E-state index in [1.165, 1.54) is 11.3 Å². The minimum Gasteiger partial charge on any atom is -0.497 e. The summed E-state index contributed by atoms with van der Waals surface area (Å²) in [7, 11) is 3.19. The summed E-state index contributed by atoms with van der Waals surface area (Å²) in [5, 5.41) is 15.0. The van der Waals surface area contributed by atoms with E-state index in [0.29, 0.717) is 28.1 Å². The first-order chi connectivity index (χ1) is 17.5. The van der Waals surface area contributed by atoms with Crippen molar-refractivity contribution in [3.63, 3.8) is 0 Å². The van der Waals surface area contributed by atoms with Gasteiger partial charge in [0.15, 0.2) is 0 Å². The van der Waals surface area contributed by atoms with Gasteiger partial charge >= 0.3 is 0 Å². The van der Waals surface area contributed by atoms with Gasteiger partial charge in [0.1, 0.15) is 22.5 Å². The molecule has 0 bridgehead atoms. The SMILES string of the molecule is COc1ccc(CC(=O)NC(Cc2ccccc2)C(=O)Nc2nnc(-c3cccc(OC)c3)s2)cc1. The summed E-state index contributed by atoms with van der Waals surface area (Å²) in [4.78, 5) is 26.0. The molecule has 3 aromatic carbocycles. The first-order valence-electron chi connectivity index (χ1n) is 11.3. The van der Waals surface area contributed by atoms with Crippen molar-refractivity contribution in [1.82, 2.24) is 15.5 Å². The van der Waals surface area contributed by atoms with Crippen molar-refractivity contribution < 1.29 is 19.1 Å². The molecule has 0 radical (unpaired) electrons. The molecule has 0 aliphatic carbocycles. The predicted molar refractivity (Wildman–Crippen MR) is 139 cm³/mol. The summed E-state index contributed by atoms with van der Waals surface area (Å²) >= 11 is 1.25. The van der Waals surface area contributed by atoms with Crippen LogP contribution in [-0.4, -0.2) is 42.3 Å². The number of benzene rings is 3. The smallest absolute Gasteiger partial charge is 0.249 e. The minimum atomic E-state index is -0.790. The van der Waals surface area contributed by atoms with Gasteiger partial charge in [-0.15, -0.1) is 10.2 Å². The molecule has 184 valence electrons. The van der Waals surface area contributed by atoms with Gasteiger partial charge in [-0.1, -0.05) is 65.9 Å². The molecule has 0 saturated carbocycles. The second-order valence-corrected chi connectivity index (χ2v) is 8.95. The number of rotatable bonds is 10. The fraction of sp³-hybridized carbons (Fsp3) is 0.185. The molecule has 1 heterocycles. The van der Waals surface area contributed by atoms with Gasteiger partial charge < -0.3 is 14.8 Å². The standard InChI is InChI=1S/C27H26N4O4S/c1-34-21-13-11-19(12-14-21)16-24(32)28-23(15-18-7-4-3-5-8-18)25(33)29-27-31-30-26(36-27)20-9-6-10-22(17-20)35-2/h3-14,17,23H,15-16H2,1-2H3,(H,28,32)(H,29,31,33).